The zero-order valence-electron chi connectivity index (χ0n) is 15.8. The van der Waals surface area contributed by atoms with Crippen LogP contribution in [0.1, 0.15) is 17.0 Å². The minimum Gasteiger partial charge on any atom is -0.497 e. The van der Waals surface area contributed by atoms with Crippen molar-refractivity contribution in [1.29, 1.82) is 0 Å². The lowest BCUT2D eigenvalue weighted by Crippen LogP contribution is -2.27. The first-order chi connectivity index (χ1) is 13.7. The number of nitrogens with zero attached hydrogens (tertiary/aromatic N) is 2. The average molecular weight is 395 g/mol. The van der Waals surface area contributed by atoms with E-state index in [0.29, 0.717) is 23.6 Å². The molecule has 2 heterocycles. The second-order valence-corrected chi connectivity index (χ2v) is 7.71. The Morgan fingerprint density at radius 3 is 2.89 bits per heavy atom. The summed E-state index contributed by atoms with van der Waals surface area (Å²) < 4.78 is 10.6. The molecule has 1 aliphatic carbocycles. The molecule has 3 aromatic rings. The number of aromatic nitrogens is 2. The fraction of sp³-hybridized carbons (Fsp3) is 0.286. The number of benzene rings is 1. The van der Waals surface area contributed by atoms with Crippen molar-refractivity contribution in [3.8, 4) is 22.1 Å². The number of nitrogens with one attached hydrogen (secondary N) is 1. The molecule has 0 bridgehead atoms. The number of rotatable bonds is 5. The summed E-state index contributed by atoms with van der Waals surface area (Å²) in [6, 6.07) is 9.29. The number of ether oxygens (including phenoxy) is 2. The molecule has 144 valence electrons. The van der Waals surface area contributed by atoms with Crippen molar-refractivity contribution in [1.82, 2.24) is 9.97 Å². The summed E-state index contributed by atoms with van der Waals surface area (Å²) in [6.45, 7) is 0. The van der Waals surface area contributed by atoms with Gasteiger partial charge in [0.25, 0.3) is 0 Å². The predicted molar refractivity (Wildman–Crippen MR) is 109 cm³/mol. The smallest absolute Gasteiger partial charge is 0.227 e. The van der Waals surface area contributed by atoms with Crippen LogP contribution in [0.4, 0.5) is 5.69 Å². The number of carbonyl (C=O) groups excluding carboxylic acids is 1. The molecule has 1 N–H and O–H groups in total. The monoisotopic (exact) mass is 395 g/mol. The third kappa shape index (κ3) is 3.71. The average Bonchev–Trinajstić information content (AvgIpc) is 3.18. The number of hydrogen-bond donors (Lipinski definition) is 1. The number of hydrogen-bond acceptors (Lipinski definition) is 6. The van der Waals surface area contributed by atoms with E-state index in [-0.39, 0.29) is 11.8 Å². The zero-order chi connectivity index (χ0) is 19.5. The second-order valence-electron chi connectivity index (χ2n) is 6.63. The number of fused-ring (bicyclic) bond motifs is 1. The fourth-order valence-corrected chi connectivity index (χ4v) is 4.53. The number of thiazole rings is 1. The highest BCUT2D eigenvalue weighted by Crippen LogP contribution is 2.35. The van der Waals surface area contributed by atoms with Gasteiger partial charge in [-0.1, -0.05) is 0 Å². The van der Waals surface area contributed by atoms with E-state index in [1.165, 1.54) is 4.88 Å². The van der Waals surface area contributed by atoms with E-state index in [1.54, 1.807) is 50.0 Å². The third-order valence-electron chi connectivity index (χ3n) is 4.89. The van der Waals surface area contributed by atoms with Crippen LogP contribution in [0.15, 0.2) is 42.7 Å². The largest absolute Gasteiger partial charge is 0.497 e. The molecular formula is C21H21N3O3S. The first kappa shape index (κ1) is 18.4. The molecule has 1 aliphatic rings. The zero-order valence-corrected chi connectivity index (χ0v) is 16.6. The van der Waals surface area contributed by atoms with Gasteiger partial charge in [-0.3, -0.25) is 9.78 Å². The summed E-state index contributed by atoms with van der Waals surface area (Å²) in [5.74, 6) is 1.19. The number of carbonyl (C=O) groups is 1. The van der Waals surface area contributed by atoms with Gasteiger partial charge >= 0.3 is 0 Å². The van der Waals surface area contributed by atoms with Crippen LogP contribution in [-0.2, 0) is 17.6 Å². The molecule has 1 atom stereocenters. The van der Waals surface area contributed by atoms with Crippen LogP contribution in [0.5, 0.6) is 11.5 Å². The maximum absolute atomic E-state index is 12.9. The van der Waals surface area contributed by atoms with Gasteiger partial charge in [0.15, 0.2) is 0 Å². The van der Waals surface area contributed by atoms with Gasteiger partial charge in [0.2, 0.25) is 5.91 Å². The van der Waals surface area contributed by atoms with E-state index in [2.05, 4.69) is 10.3 Å². The standard InChI is InChI=1S/C21H21N3O3S/c1-26-15-6-8-16(18(11-15)27-2)23-20(25)13-5-7-17-19(10-13)28-21(24-17)14-4-3-9-22-12-14/h3-4,6,8-9,11-13H,5,7,10H2,1-2H3,(H,23,25). The Hall–Kier alpha value is -2.93. The normalized spacial score (nSPS) is 15.6. The number of anilines is 1. The molecule has 0 aliphatic heterocycles. The molecule has 2 aromatic heterocycles. The van der Waals surface area contributed by atoms with Gasteiger partial charge in [-0.2, -0.15) is 0 Å². The van der Waals surface area contributed by atoms with Gasteiger partial charge < -0.3 is 14.8 Å². The topological polar surface area (TPSA) is 73.3 Å². The van der Waals surface area contributed by atoms with Gasteiger partial charge in [-0.25, -0.2) is 4.98 Å². The molecule has 1 unspecified atom stereocenters. The molecule has 0 fully saturated rings. The van der Waals surface area contributed by atoms with Crippen molar-refractivity contribution < 1.29 is 14.3 Å². The Bertz CT molecular complexity index is 988. The van der Waals surface area contributed by atoms with Crippen LogP contribution < -0.4 is 14.8 Å². The van der Waals surface area contributed by atoms with Crippen LogP contribution in [-0.4, -0.2) is 30.1 Å². The second kappa shape index (κ2) is 7.98. The number of aryl methyl sites for hydroxylation is 1. The number of pyridine rings is 1. The molecule has 0 spiro atoms. The molecule has 0 saturated carbocycles. The van der Waals surface area contributed by atoms with Gasteiger partial charge in [0, 0.05) is 34.8 Å². The van der Waals surface area contributed by atoms with Crippen molar-refractivity contribution in [2.75, 3.05) is 19.5 Å². The Balaban J connectivity index is 1.49. The minimum atomic E-state index is -0.0819. The molecule has 4 rings (SSSR count). The summed E-state index contributed by atoms with van der Waals surface area (Å²) in [4.78, 5) is 23.0. The lowest BCUT2D eigenvalue weighted by atomic mass is 9.90. The lowest BCUT2D eigenvalue weighted by Gasteiger charge is -2.21. The van der Waals surface area contributed by atoms with E-state index in [0.717, 1.165) is 29.1 Å². The quantitative estimate of drug-likeness (QED) is 0.708. The Morgan fingerprint density at radius 1 is 1.25 bits per heavy atom. The van der Waals surface area contributed by atoms with Crippen molar-refractivity contribution >= 4 is 22.9 Å². The lowest BCUT2D eigenvalue weighted by molar-refractivity contribution is -0.120. The SMILES string of the molecule is COc1ccc(NC(=O)C2CCc3nc(-c4cccnc4)sc3C2)c(OC)c1. The van der Waals surface area contributed by atoms with Crippen LogP contribution in [0.2, 0.25) is 0 Å². The predicted octanol–water partition coefficient (Wildman–Crippen LogP) is 3.97. The van der Waals surface area contributed by atoms with Crippen molar-refractivity contribution in [2.45, 2.75) is 19.3 Å². The van der Waals surface area contributed by atoms with Gasteiger partial charge in [0.05, 0.1) is 25.6 Å². The maximum atomic E-state index is 12.9. The first-order valence-electron chi connectivity index (χ1n) is 9.10. The summed E-state index contributed by atoms with van der Waals surface area (Å²) in [6.07, 6.45) is 5.88. The van der Waals surface area contributed by atoms with Crippen LogP contribution in [0, 0.1) is 5.92 Å². The maximum Gasteiger partial charge on any atom is 0.227 e. The Labute approximate surface area is 167 Å². The van der Waals surface area contributed by atoms with Crippen molar-refractivity contribution in [2.24, 2.45) is 5.92 Å². The van der Waals surface area contributed by atoms with E-state index < -0.39 is 0 Å². The molecule has 7 heteroatoms. The minimum absolute atomic E-state index is 0.00504. The first-order valence-corrected chi connectivity index (χ1v) is 9.91. The Morgan fingerprint density at radius 2 is 2.14 bits per heavy atom. The number of amides is 1. The molecule has 0 radical (unpaired) electrons. The molecule has 6 nitrogen and oxygen atoms in total. The summed E-state index contributed by atoms with van der Waals surface area (Å²) in [5.41, 5.74) is 2.78. The molecule has 0 saturated heterocycles. The Kier molecular flexibility index (Phi) is 5.25. The molecule has 1 aromatic carbocycles. The fourth-order valence-electron chi connectivity index (χ4n) is 3.35. The van der Waals surface area contributed by atoms with E-state index >= 15 is 0 Å². The highest BCUT2D eigenvalue weighted by atomic mass is 32.1. The van der Waals surface area contributed by atoms with Gasteiger partial charge in [-0.05, 0) is 43.5 Å². The van der Waals surface area contributed by atoms with Crippen LogP contribution in [0.3, 0.4) is 0 Å². The highest BCUT2D eigenvalue weighted by Gasteiger charge is 2.28. The van der Waals surface area contributed by atoms with Crippen molar-refractivity contribution in [3.05, 3.63) is 53.3 Å². The van der Waals surface area contributed by atoms with Gasteiger partial charge in [0.1, 0.15) is 16.5 Å². The summed E-state index contributed by atoms with van der Waals surface area (Å²) in [7, 11) is 3.18. The van der Waals surface area contributed by atoms with E-state index in [1.807, 2.05) is 18.3 Å². The van der Waals surface area contributed by atoms with E-state index in [4.69, 9.17) is 14.5 Å². The molecular weight excluding hydrogens is 374 g/mol. The molecule has 28 heavy (non-hydrogen) atoms. The van der Waals surface area contributed by atoms with Crippen molar-refractivity contribution in [3.63, 3.8) is 0 Å². The highest BCUT2D eigenvalue weighted by molar-refractivity contribution is 7.15. The van der Waals surface area contributed by atoms with Crippen LogP contribution in [0.25, 0.3) is 10.6 Å². The third-order valence-corrected chi connectivity index (χ3v) is 6.05. The van der Waals surface area contributed by atoms with Gasteiger partial charge in [-0.15, -0.1) is 11.3 Å². The van der Waals surface area contributed by atoms with Crippen LogP contribution >= 0.6 is 11.3 Å². The summed E-state index contributed by atoms with van der Waals surface area (Å²) >= 11 is 1.66. The van der Waals surface area contributed by atoms with E-state index in [9.17, 15) is 4.79 Å². The molecule has 1 amide bonds. The summed E-state index contributed by atoms with van der Waals surface area (Å²) in [5, 5.41) is 3.98. The number of methoxy groups -OCH3 is 2.